The number of sulfonamides is 1. The molecule has 0 unspecified atom stereocenters. The van der Waals surface area contributed by atoms with Gasteiger partial charge in [-0.2, -0.15) is 13.2 Å². The van der Waals surface area contributed by atoms with Crippen LogP contribution in [0.3, 0.4) is 0 Å². The molecule has 0 aromatic heterocycles. The van der Waals surface area contributed by atoms with Crippen molar-refractivity contribution in [3.63, 3.8) is 0 Å². The van der Waals surface area contributed by atoms with Crippen LogP contribution in [0.1, 0.15) is 39.1 Å². The Hall–Kier alpha value is -2.92. The van der Waals surface area contributed by atoms with Gasteiger partial charge in [0.15, 0.2) is 0 Å². The summed E-state index contributed by atoms with van der Waals surface area (Å²) in [5.41, 5.74) is -0.453. The second-order valence-corrected chi connectivity index (χ2v) is 9.80. The third-order valence-electron chi connectivity index (χ3n) is 5.60. The maximum atomic E-state index is 12.9. The molecule has 0 bridgehead atoms. The first-order valence-corrected chi connectivity index (χ1v) is 11.9. The van der Waals surface area contributed by atoms with Crippen LogP contribution < -0.4 is 4.72 Å². The minimum atomic E-state index is -4.47. The molecule has 1 saturated carbocycles. The Morgan fingerprint density at radius 1 is 0.848 bits per heavy atom. The number of alkyl halides is 3. The first-order chi connectivity index (χ1) is 15.5. The van der Waals surface area contributed by atoms with Crippen LogP contribution in [0.5, 0.6) is 0 Å². The van der Waals surface area contributed by atoms with E-state index < -0.39 is 27.7 Å². The quantitative estimate of drug-likeness (QED) is 0.712. The van der Waals surface area contributed by atoms with Gasteiger partial charge in [-0.15, -0.1) is 0 Å². The number of halogens is 3. The van der Waals surface area contributed by atoms with Crippen molar-refractivity contribution in [2.24, 2.45) is 0 Å². The maximum absolute atomic E-state index is 12.9. The van der Waals surface area contributed by atoms with Crippen molar-refractivity contribution in [1.82, 2.24) is 14.5 Å². The van der Waals surface area contributed by atoms with Gasteiger partial charge in [-0.1, -0.05) is 6.07 Å². The average Bonchev–Trinajstić information content (AvgIpc) is 3.61. The van der Waals surface area contributed by atoms with Crippen molar-refractivity contribution in [1.29, 1.82) is 0 Å². The Morgan fingerprint density at radius 2 is 1.39 bits per heavy atom. The highest BCUT2D eigenvalue weighted by molar-refractivity contribution is 7.89. The van der Waals surface area contributed by atoms with Gasteiger partial charge < -0.3 is 9.80 Å². The molecule has 11 heteroatoms. The molecule has 2 aliphatic rings. The molecule has 7 nitrogen and oxygen atoms in total. The number of hydrogen-bond donors (Lipinski definition) is 1. The predicted molar refractivity (Wildman–Crippen MR) is 113 cm³/mol. The van der Waals surface area contributed by atoms with Gasteiger partial charge in [-0.25, -0.2) is 13.1 Å². The van der Waals surface area contributed by atoms with E-state index in [1.54, 1.807) is 0 Å². The summed E-state index contributed by atoms with van der Waals surface area (Å²) in [4.78, 5) is 28.5. The zero-order chi connectivity index (χ0) is 23.8. The van der Waals surface area contributed by atoms with Crippen molar-refractivity contribution in [2.45, 2.75) is 30.0 Å². The summed E-state index contributed by atoms with van der Waals surface area (Å²) in [6.07, 6.45) is -2.88. The zero-order valence-corrected chi connectivity index (χ0v) is 18.3. The summed E-state index contributed by atoms with van der Waals surface area (Å²) in [6, 6.07) is 9.80. The molecule has 1 N–H and O–H groups in total. The summed E-state index contributed by atoms with van der Waals surface area (Å²) in [5, 5.41) is 0. The summed E-state index contributed by atoms with van der Waals surface area (Å²) >= 11 is 0. The molecule has 33 heavy (non-hydrogen) atoms. The molecule has 2 fully saturated rings. The maximum Gasteiger partial charge on any atom is 0.416 e. The van der Waals surface area contributed by atoms with E-state index in [1.807, 2.05) is 0 Å². The number of carbonyl (C=O) groups excluding carboxylic acids is 2. The highest BCUT2D eigenvalue weighted by atomic mass is 32.2. The summed E-state index contributed by atoms with van der Waals surface area (Å²) in [6.45, 7) is 0.880. The van der Waals surface area contributed by atoms with Crippen LogP contribution in [-0.4, -0.2) is 62.3 Å². The minimum absolute atomic E-state index is 0.0244. The van der Waals surface area contributed by atoms with Crippen molar-refractivity contribution >= 4 is 21.8 Å². The summed E-state index contributed by atoms with van der Waals surface area (Å²) < 4.78 is 65.6. The lowest BCUT2D eigenvalue weighted by molar-refractivity contribution is -0.137. The third-order valence-corrected chi connectivity index (χ3v) is 7.12. The predicted octanol–water partition coefficient (Wildman–Crippen LogP) is 2.74. The highest BCUT2D eigenvalue weighted by Gasteiger charge is 2.32. The molecule has 0 atom stereocenters. The van der Waals surface area contributed by atoms with Crippen molar-refractivity contribution in [2.75, 3.05) is 26.2 Å². The fourth-order valence-corrected chi connectivity index (χ4v) is 4.91. The second kappa shape index (κ2) is 8.79. The number of rotatable bonds is 5. The normalized spacial score (nSPS) is 17.2. The fourth-order valence-electron chi connectivity index (χ4n) is 3.56. The molecule has 2 aromatic rings. The van der Waals surface area contributed by atoms with E-state index in [0.29, 0.717) is 0 Å². The Kier molecular flexibility index (Phi) is 6.19. The number of nitrogens with zero attached hydrogens (tertiary/aromatic N) is 2. The second-order valence-electron chi connectivity index (χ2n) is 8.08. The number of nitrogens with one attached hydrogen (secondary N) is 1. The Balaban J connectivity index is 1.38. The van der Waals surface area contributed by atoms with Crippen LogP contribution in [-0.2, 0) is 16.2 Å². The van der Waals surface area contributed by atoms with Crippen molar-refractivity contribution < 1.29 is 31.2 Å². The lowest BCUT2D eigenvalue weighted by atomic mass is 10.1. The molecule has 1 heterocycles. The lowest BCUT2D eigenvalue weighted by Gasteiger charge is -2.35. The molecule has 2 amide bonds. The molecular weight excluding hydrogens is 459 g/mol. The Labute approximate surface area is 189 Å². The Bertz CT molecular complexity index is 1150. The third kappa shape index (κ3) is 5.36. The SMILES string of the molecule is O=C(c1ccc(C(F)(F)F)cc1)N1CCN(C(=O)c2cccc(S(=O)(=O)NC3CC3)c2)CC1. The first kappa shape index (κ1) is 23.2. The molecular formula is C22H22F3N3O4S. The highest BCUT2D eigenvalue weighted by Crippen LogP contribution is 2.29. The topological polar surface area (TPSA) is 86.8 Å². The standard InChI is InChI=1S/C22H22F3N3O4S/c23-22(24,25)17-6-4-15(5-7-17)20(29)27-10-12-28(13-11-27)21(30)16-2-1-3-19(14-16)33(31,32)26-18-8-9-18/h1-7,14,18,26H,8-13H2. The molecule has 176 valence electrons. The molecule has 0 radical (unpaired) electrons. The smallest absolute Gasteiger partial charge is 0.335 e. The molecule has 1 aliphatic heterocycles. The van der Waals surface area contributed by atoms with Crippen molar-refractivity contribution in [3.8, 4) is 0 Å². The number of piperazine rings is 1. The molecule has 2 aromatic carbocycles. The largest absolute Gasteiger partial charge is 0.416 e. The summed E-state index contributed by atoms with van der Waals surface area (Å²) in [7, 11) is -3.69. The number of carbonyl (C=O) groups is 2. The lowest BCUT2D eigenvalue weighted by Crippen LogP contribution is -2.50. The average molecular weight is 481 g/mol. The van der Waals surface area contributed by atoms with E-state index in [9.17, 15) is 31.2 Å². The molecule has 4 rings (SSSR count). The van der Waals surface area contributed by atoms with E-state index in [1.165, 1.54) is 34.1 Å². The van der Waals surface area contributed by atoms with Gasteiger partial charge in [0.2, 0.25) is 10.0 Å². The van der Waals surface area contributed by atoms with Crippen LogP contribution in [0.25, 0.3) is 0 Å². The number of hydrogen-bond acceptors (Lipinski definition) is 4. The molecule has 0 spiro atoms. The first-order valence-electron chi connectivity index (χ1n) is 10.4. The van der Waals surface area contributed by atoms with Gasteiger partial charge >= 0.3 is 6.18 Å². The number of amides is 2. The van der Waals surface area contributed by atoms with Crippen LogP contribution in [0.15, 0.2) is 53.4 Å². The fraction of sp³-hybridized carbons (Fsp3) is 0.364. The van der Waals surface area contributed by atoms with Gasteiger partial charge in [-0.05, 0) is 55.3 Å². The van der Waals surface area contributed by atoms with Gasteiger partial charge in [0.25, 0.3) is 11.8 Å². The van der Waals surface area contributed by atoms with Crippen LogP contribution in [0.4, 0.5) is 13.2 Å². The summed E-state index contributed by atoms with van der Waals surface area (Å²) in [5.74, 6) is -0.754. The monoisotopic (exact) mass is 481 g/mol. The van der Waals surface area contributed by atoms with Crippen LogP contribution in [0.2, 0.25) is 0 Å². The van der Waals surface area contributed by atoms with Crippen molar-refractivity contribution in [3.05, 3.63) is 65.2 Å². The Morgan fingerprint density at radius 3 is 1.91 bits per heavy atom. The van der Waals surface area contributed by atoms with E-state index in [2.05, 4.69) is 4.72 Å². The van der Waals surface area contributed by atoms with Gasteiger partial charge in [0, 0.05) is 43.3 Å². The number of benzene rings is 2. The zero-order valence-electron chi connectivity index (χ0n) is 17.5. The van der Waals surface area contributed by atoms with Gasteiger partial charge in [0.05, 0.1) is 10.5 Å². The van der Waals surface area contributed by atoms with Gasteiger partial charge in [0.1, 0.15) is 0 Å². The molecule has 1 aliphatic carbocycles. The van der Waals surface area contributed by atoms with E-state index >= 15 is 0 Å². The van der Waals surface area contributed by atoms with Gasteiger partial charge in [-0.3, -0.25) is 9.59 Å². The van der Waals surface area contributed by atoms with E-state index in [4.69, 9.17) is 0 Å². The van der Waals surface area contributed by atoms with E-state index in [0.717, 1.165) is 37.1 Å². The van der Waals surface area contributed by atoms with Crippen LogP contribution >= 0.6 is 0 Å². The van der Waals surface area contributed by atoms with E-state index in [-0.39, 0.29) is 54.2 Å². The minimum Gasteiger partial charge on any atom is -0.335 e. The van der Waals surface area contributed by atoms with Crippen LogP contribution in [0, 0.1) is 0 Å². The molecule has 1 saturated heterocycles.